The number of ketones is 1. The molecule has 0 saturated heterocycles. The zero-order chi connectivity index (χ0) is 25.8. The van der Waals surface area contributed by atoms with Crippen molar-refractivity contribution in [1.82, 2.24) is 10.3 Å². The quantitative estimate of drug-likeness (QED) is 0.172. The molecule has 1 heterocycles. The van der Waals surface area contributed by atoms with Crippen LogP contribution in [-0.2, 0) is 20.9 Å². The number of carbonyl (C=O) groups is 4. The molecule has 10 nitrogen and oxygen atoms in total. The highest BCUT2D eigenvalue weighted by atomic mass is 35.5. The van der Waals surface area contributed by atoms with Gasteiger partial charge in [0.05, 0.1) is 10.6 Å². The van der Waals surface area contributed by atoms with Gasteiger partial charge in [-0.25, -0.2) is 0 Å². The van der Waals surface area contributed by atoms with E-state index < -0.39 is 34.3 Å². The number of nitro groups is 1. The van der Waals surface area contributed by atoms with E-state index in [1.807, 2.05) is 0 Å². The Bertz CT molecular complexity index is 1410. The predicted octanol–water partition coefficient (Wildman–Crippen LogP) is 3.14. The first-order valence-electron chi connectivity index (χ1n) is 10.6. The second kappa shape index (κ2) is 10.3. The van der Waals surface area contributed by atoms with Crippen molar-refractivity contribution in [2.24, 2.45) is 11.0 Å². The standard InChI is InChI=1S/C25H17ClN4O6/c26-18-8-4-5-15(13-18)14-27-23(32)22(31)20-21(16-6-2-1-3-7-16)28-29(25(20)34)24(33)17-9-11-19(12-10-17)30(35)36/h1-13,20H,14H2,(H,27,32)/t20-/m1/s1. The van der Waals surface area contributed by atoms with Crippen molar-refractivity contribution in [3.63, 3.8) is 0 Å². The van der Waals surface area contributed by atoms with Crippen molar-refractivity contribution < 1.29 is 24.1 Å². The summed E-state index contributed by atoms with van der Waals surface area (Å²) in [5.41, 5.74) is 0.679. The third-order valence-electron chi connectivity index (χ3n) is 5.35. The highest BCUT2D eigenvalue weighted by Crippen LogP contribution is 2.25. The number of Topliss-reactive ketones (excluding diaryl/α,β-unsaturated/α-hetero) is 1. The molecule has 1 aliphatic heterocycles. The lowest BCUT2D eigenvalue weighted by Gasteiger charge is -2.13. The number of imide groups is 1. The fraction of sp³-hybridized carbons (Fsp3) is 0.0800. The molecule has 4 rings (SSSR count). The van der Waals surface area contributed by atoms with Crippen molar-refractivity contribution in [3.8, 4) is 0 Å². The van der Waals surface area contributed by atoms with Crippen molar-refractivity contribution in [2.45, 2.75) is 6.54 Å². The first kappa shape index (κ1) is 24.4. The monoisotopic (exact) mass is 504 g/mol. The van der Waals surface area contributed by atoms with E-state index in [1.54, 1.807) is 54.6 Å². The second-order valence-electron chi connectivity index (χ2n) is 7.72. The van der Waals surface area contributed by atoms with Crippen molar-refractivity contribution >= 4 is 46.5 Å². The molecule has 0 unspecified atom stereocenters. The molecule has 1 N–H and O–H groups in total. The summed E-state index contributed by atoms with van der Waals surface area (Å²) in [6.07, 6.45) is 0. The maximum atomic E-state index is 13.2. The van der Waals surface area contributed by atoms with Crippen LogP contribution in [0.15, 0.2) is 84.0 Å². The Balaban J connectivity index is 1.60. The van der Waals surface area contributed by atoms with Gasteiger partial charge in [-0.2, -0.15) is 10.1 Å². The third-order valence-corrected chi connectivity index (χ3v) is 5.59. The van der Waals surface area contributed by atoms with Crippen molar-refractivity contribution in [3.05, 3.63) is 111 Å². The number of carbonyl (C=O) groups excluding carboxylic acids is 4. The Labute approximate surface area is 209 Å². The van der Waals surface area contributed by atoms with Crippen LogP contribution in [0.2, 0.25) is 5.02 Å². The number of benzene rings is 3. The van der Waals surface area contributed by atoms with Gasteiger partial charge in [0.25, 0.3) is 23.4 Å². The molecule has 11 heteroatoms. The lowest BCUT2D eigenvalue weighted by atomic mass is 9.92. The maximum absolute atomic E-state index is 13.2. The zero-order valence-electron chi connectivity index (χ0n) is 18.5. The number of halogens is 1. The molecular formula is C25H17ClN4O6. The third kappa shape index (κ3) is 5.03. The number of hydrazone groups is 1. The van der Waals surface area contributed by atoms with E-state index in [2.05, 4.69) is 10.4 Å². The van der Waals surface area contributed by atoms with Gasteiger partial charge in [0, 0.05) is 29.3 Å². The molecule has 180 valence electrons. The molecule has 0 saturated carbocycles. The molecule has 0 spiro atoms. The van der Waals surface area contributed by atoms with E-state index >= 15 is 0 Å². The largest absolute Gasteiger partial charge is 0.345 e. The van der Waals surface area contributed by atoms with Gasteiger partial charge in [-0.3, -0.25) is 29.3 Å². The van der Waals surface area contributed by atoms with Crippen LogP contribution in [0.3, 0.4) is 0 Å². The van der Waals surface area contributed by atoms with E-state index in [9.17, 15) is 29.3 Å². The summed E-state index contributed by atoms with van der Waals surface area (Å²) in [6.45, 7) is -0.00467. The van der Waals surface area contributed by atoms with Gasteiger partial charge < -0.3 is 5.32 Å². The summed E-state index contributed by atoms with van der Waals surface area (Å²) in [7, 11) is 0. The van der Waals surface area contributed by atoms with Gasteiger partial charge in [-0.15, -0.1) is 0 Å². The van der Waals surface area contributed by atoms with E-state index in [4.69, 9.17) is 11.6 Å². The van der Waals surface area contributed by atoms with Gasteiger partial charge in [0.15, 0.2) is 5.92 Å². The first-order valence-corrected chi connectivity index (χ1v) is 11.0. The van der Waals surface area contributed by atoms with Crippen LogP contribution < -0.4 is 5.32 Å². The van der Waals surface area contributed by atoms with Crippen LogP contribution in [0.25, 0.3) is 0 Å². The Hall–Kier alpha value is -4.70. The van der Waals surface area contributed by atoms with Crippen LogP contribution in [-0.4, -0.2) is 39.1 Å². The smallest absolute Gasteiger partial charge is 0.288 e. The molecule has 0 aromatic heterocycles. The number of hydrogen-bond acceptors (Lipinski definition) is 7. The zero-order valence-corrected chi connectivity index (χ0v) is 19.2. The molecule has 0 aliphatic carbocycles. The minimum Gasteiger partial charge on any atom is -0.345 e. The van der Waals surface area contributed by atoms with E-state index in [1.165, 1.54) is 12.1 Å². The van der Waals surface area contributed by atoms with Crippen LogP contribution in [0.4, 0.5) is 5.69 Å². The fourth-order valence-corrected chi connectivity index (χ4v) is 3.78. The van der Waals surface area contributed by atoms with Gasteiger partial charge in [-0.1, -0.05) is 54.1 Å². The summed E-state index contributed by atoms with van der Waals surface area (Å²) in [5.74, 6) is -5.64. The SMILES string of the molecule is O=C(NCc1cccc(Cl)c1)C(=O)[C@@H]1C(=O)N(C(=O)c2ccc([N+](=O)[O-])cc2)N=C1c1ccccc1. The average Bonchev–Trinajstić information content (AvgIpc) is 3.23. The van der Waals surface area contributed by atoms with E-state index in [-0.39, 0.29) is 23.5 Å². The Morgan fingerprint density at radius 2 is 1.69 bits per heavy atom. The fourth-order valence-electron chi connectivity index (χ4n) is 3.56. The van der Waals surface area contributed by atoms with Gasteiger partial charge in [0.2, 0.25) is 5.78 Å². The average molecular weight is 505 g/mol. The van der Waals surface area contributed by atoms with Crippen LogP contribution in [0.5, 0.6) is 0 Å². The maximum Gasteiger partial charge on any atom is 0.288 e. The summed E-state index contributed by atoms with van der Waals surface area (Å²) in [4.78, 5) is 62.3. The highest BCUT2D eigenvalue weighted by molar-refractivity contribution is 6.48. The molecule has 0 radical (unpaired) electrons. The molecule has 36 heavy (non-hydrogen) atoms. The number of nitrogens with one attached hydrogen (secondary N) is 1. The topological polar surface area (TPSA) is 139 Å². The van der Waals surface area contributed by atoms with Gasteiger partial charge >= 0.3 is 0 Å². The normalized spacial score (nSPS) is 14.8. The predicted molar refractivity (Wildman–Crippen MR) is 129 cm³/mol. The van der Waals surface area contributed by atoms with E-state index in [0.717, 1.165) is 12.1 Å². The number of nitrogens with zero attached hydrogens (tertiary/aromatic N) is 3. The van der Waals surface area contributed by atoms with Crippen LogP contribution >= 0.6 is 11.6 Å². The van der Waals surface area contributed by atoms with Gasteiger partial charge in [0.1, 0.15) is 0 Å². The lowest BCUT2D eigenvalue weighted by Crippen LogP contribution is -2.43. The molecule has 3 aromatic rings. The number of amides is 3. The molecule has 1 aliphatic rings. The molecule has 0 bridgehead atoms. The van der Waals surface area contributed by atoms with Crippen LogP contribution in [0.1, 0.15) is 21.5 Å². The summed E-state index contributed by atoms with van der Waals surface area (Å²) in [5, 5.41) is 18.4. The molecule has 3 amide bonds. The van der Waals surface area contributed by atoms with Crippen LogP contribution in [0, 0.1) is 16.0 Å². The van der Waals surface area contributed by atoms with Crippen molar-refractivity contribution in [1.29, 1.82) is 0 Å². The number of nitro benzene ring substituents is 1. The minimum absolute atomic E-state index is 0.00467. The van der Waals surface area contributed by atoms with Crippen molar-refractivity contribution in [2.75, 3.05) is 0 Å². The Morgan fingerprint density at radius 1 is 1.00 bits per heavy atom. The minimum atomic E-state index is -1.64. The summed E-state index contributed by atoms with van der Waals surface area (Å²) < 4.78 is 0. The summed E-state index contributed by atoms with van der Waals surface area (Å²) >= 11 is 5.94. The highest BCUT2D eigenvalue weighted by Gasteiger charge is 2.46. The van der Waals surface area contributed by atoms with E-state index in [0.29, 0.717) is 21.2 Å². The van der Waals surface area contributed by atoms with Gasteiger partial charge in [-0.05, 0) is 35.4 Å². The molecular weight excluding hydrogens is 488 g/mol. The first-order chi connectivity index (χ1) is 17.3. The molecule has 0 fully saturated rings. The number of rotatable bonds is 7. The number of hydrogen-bond donors (Lipinski definition) is 1. The Morgan fingerprint density at radius 3 is 2.33 bits per heavy atom. The Kier molecular flexibility index (Phi) is 6.98. The lowest BCUT2D eigenvalue weighted by molar-refractivity contribution is -0.384. The summed E-state index contributed by atoms with van der Waals surface area (Å²) in [6, 6.07) is 19.5. The number of non-ortho nitro benzene ring substituents is 1. The second-order valence-corrected chi connectivity index (χ2v) is 8.16. The molecule has 1 atom stereocenters. The molecule has 3 aromatic carbocycles.